The molecule has 2 atom stereocenters. The van der Waals surface area contributed by atoms with Gasteiger partial charge < -0.3 is 15.8 Å². The molecule has 0 saturated heterocycles. The van der Waals surface area contributed by atoms with Crippen LogP contribution in [0.15, 0.2) is 24.4 Å². The Hall–Kier alpha value is -0.740. The van der Waals surface area contributed by atoms with Gasteiger partial charge in [-0.1, -0.05) is 12.2 Å². The third-order valence-corrected chi connectivity index (χ3v) is 3.25. The molecule has 1 heterocycles. The maximum Gasteiger partial charge on any atom is 0.136 e. The molecule has 0 aromatic heterocycles. The fourth-order valence-corrected chi connectivity index (χ4v) is 2.33. The molecule has 0 aliphatic carbocycles. The Morgan fingerprint density at radius 1 is 1.47 bits per heavy atom. The number of dihydropyridines is 1. The third-order valence-electron chi connectivity index (χ3n) is 2.20. The number of nitrogens with two attached hydrogens (primary N) is 1. The molecule has 0 radical (unpaired) electrons. The molecule has 1 aliphatic heterocycles. The number of carbonyl (C=O) groups excluding carboxylic acids is 1. The van der Waals surface area contributed by atoms with Crippen LogP contribution >= 0.6 is 11.8 Å². The first-order valence-electron chi connectivity index (χ1n) is 5.21. The smallest absolute Gasteiger partial charge is 0.136 e. The minimum absolute atomic E-state index is 0.284. The number of hydrogen-bond acceptors (Lipinski definition) is 4. The van der Waals surface area contributed by atoms with Crippen LogP contribution in [-0.4, -0.2) is 29.9 Å². The van der Waals surface area contributed by atoms with E-state index in [4.69, 9.17) is 5.73 Å². The van der Waals surface area contributed by atoms with Crippen LogP contribution in [0.3, 0.4) is 0 Å². The lowest BCUT2D eigenvalue weighted by atomic mass is 10.2. The Kier molecular flexibility index (Phi) is 6.20. The van der Waals surface area contributed by atoms with Crippen LogP contribution in [0, 0.1) is 0 Å². The van der Waals surface area contributed by atoms with E-state index in [0.717, 1.165) is 30.6 Å². The van der Waals surface area contributed by atoms with Crippen molar-refractivity contribution >= 4 is 18.0 Å². The number of aldehydes is 1. The van der Waals surface area contributed by atoms with Gasteiger partial charge in [0.25, 0.3) is 0 Å². The third kappa shape index (κ3) is 5.64. The van der Waals surface area contributed by atoms with Gasteiger partial charge >= 0.3 is 0 Å². The van der Waals surface area contributed by atoms with Gasteiger partial charge in [0, 0.05) is 6.04 Å². The molecule has 0 bridgehead atoms. The second-order valence-electron chi connectivity index (χ2n) is 3.51. The van der Waals surface area contributed by atoms with E-state index in [1.165, 1.54) is 0 Å². The van der Waals surface area contributed by atoms with Gasteiger partial charge in [-0.25, -0.2) is 0 Å². The van der Waals surface area contributed by atoms with Crippen LogP contribution in [0.4, 0.5) is 0 Å². The molecule has 0 amide bonds. The van der Waals surface area contributed by atoms with Crippen molar-refractivity contribution in [1.29, 1.82) is 0 Å². The molecular formula is C11H18N2OS. The molecule has 0 aromatic carbocycles. The number of hydrogen-bond donors (Lipinski definition) is 2. The highest BCUT2D eigenvalue weighted by Crippen LogP contribution is 2.09. The second kappa shape index (κ2) is 7.54. The number of rotatable bonds is 7. The Labute approximate surface area is 95.2 Å². The highest BCUT2D eigenvalue weighted by molar-refractivity contribution is 7.99. The van der Waals surface area contributed by atoms with Gasteiger partial charge in [0.2, 0.25) is 0 Å². The molecule has 2 unspecified atom stereocenters. The molecule has 0 fully saturated rings. The number of nitrogens with one attached hydrogen (secondary N) is 1. The largest absolute Gasteiger partial charge is 0.385 e. The first kappa shape index (κ1) is 12.3. The Morgan fingerprint density at radius 3 is 3.00 bits per heavy atom. The molecule has 84 valence electrons. The molecule has 3 nitrogen and oxygen atoms in total. The van der Waals surface area contributed by atoms with E-state index < -0.39 is 0 Å². The van der Waals surface area contributed by atoms with Crippen molar-refractivity contribution in [3.8, 4) is 0 Å². The van der Waals surface area contributed by atoms with Crippen LogP contribution in [0.25, 0.3) is 0 Å². The fourth-order valence-electron chi connectivity index (χ4n) is 1.27. The van der Waals surface area contributed by atoms with Gasteiger partial charge in [-0.15, -0.1) is 0 Å². The molecule has 4 heteroatoms. The normalized spacial score (nSPS) is 21.0. The summed E-state index contributed by atoms with van der Waals surface area (Å²) in [6.07, 6.45) is 10.9. The lowest BCUT2D eigenvalue weighted by Gasteiger charge is -2.15. The predicted octanol–water partition coefficient (Wildman–Crippen LogP) is 1.07. The first-order chi connectivity index (χ1) is 7.33. The summed E-state index contributed by atoms with van der Waals surface area (Å²) >= 11 is 1.85. The maximum atomic E-state index is 10.3. The fraction of sp³-hybridized carbons (Fsp3) is 0.545. The Morgan fingerprint density at radius 2 is 2.33 bits per heavy atom. The summed E-state index contributed by atoms with van der Waals surface area (Å²) < 4.78 is 0. The SMILES string of the molecule is NC(C=O)CCSCCC1C=CC=CN1. The molecule has 15 heavy (non-hydrogen) atoms. The van der Waals surface area contributed by atoms with E-state index in [9.17, 15) is 4.79 Å². The molecular weight excluding hydrogens is 208 g/mol. The summed E-state index contributed by atoms with van der Waals surface area (Å²) in [5.74, 6) is 2.06. The average Bonchev–Trinajstić information content (AvgIpc) is 2.29. The molecule has 0 spiro atoms. The quantitative estimate of drug-likeness (QED) is 0.503. The van der Waals surface area contributed by atoms with Crippen molar-refractivity contribution < 1.29 is 4.79 Å². The standard InChI is InChI=1S/C11H18N2OS/c12-10(9-14)4-7-15-8-5-11-3-1-2-6-13-11/h1-3,6,9-11,13H,4-5,7-8,12H2. The zero-order valence-electron chi connectivity index (χ0n) is 8.76. The summed E-state index contributed by atoms with van der Waals surface area (Å²) in [5, 5.41) is 3.27. The zero-order valence-corrected chi connectivity index (χ0v) is 9.58. The molecule has 1 rings (SSSR count). The summed E-state index contributed by atoms with van der Waals surface area (Å²) in [4.78, 5) is 10.3. The zero-order chi connectivity index (χ0) is 10.9. The number of thioether (sulfide) groups is 1. The van der Waals surface area contributed by atoms with E-state index >= 15 is 0 Å². The summed E-state index contributed by atoms with van der Waals surface area (Å²) in [6.45, 7) is 0. The summed E-state index contributed by atoms with van der Waals surface area (Å²) in [5.41, 5.74) is 5.48. The van der Waals surface area contributed by atoms with Crippen molar-refractivity contribution in [2.24, 2.45) is 5.73 Å². The highest BCUT2D eigenvalue weighted by Gasteiger charge is 2.04. The van der Waals surface area contributed by atoms with Gasteiger partial charge in [0.15, 0.2) is 0 Å². The lowest BCUT2D eigenvalue weighted by Crippen LogP contribution is -2.24. The lowest BCUT2D eigenvalue weighted by molar-refractivity contribution is -0.108. The van der Waals surface area contributed by atoms with Gasteiger partial charge in [0.1, 0.15) is 6.29 Å². The van der Waals surface area contributed by atoms with Crippen LogP contribution < -0.4 is 11.1 Å². The molecule has 0 saturated carbocycles. The van der Waals surface area contributed by atoms with E-state index in [2.05, 4.69) is 17.5 Å². The highest BCUT2D eigenvalue weighted by atomic mass is 32.2. The average molecular weight is 226 g/mol. The second-order valence-corrected chi connectivity index (χ2v) is 4.73. The monoisotopic (exact) mass is 226 g/mol. The molecule has 3 N–H and O–H groups in total. The van der Waals surface area contributed by atoms with Crippen LogP contribution in [0.1, 0.15) is 12.8 Å². The number of carbonyl (C=O) groups is 1. The topological polar surface area (TPSA) is 55.1 Å². The Balaban J connectivity index is 1.95. The minimum Gasteiger partial charge on any atom is -0.385 e. The predicted molar refractivity (Wildman–Crippen MR) is 65.8 cm³/mol. The van der Waals surface area contributed by atoms with Crippen molar-refractivity contribution in [2.45, 2.75) is 24.9 Å². The molecule has 1 aliphatic rings. The van der Waals surface area contributed by atoms with Crippen molar-refractivity contribution in [3.63, 3.8) is 0 Å². The van der Waals surface area contributed by atoms with Crippen LogP contribution in [0.2, 0.25) is 0 Å². The molecule has 0 aromatic rings. The van der Waals surface area contributed by atoms with Crippen LogP contribution in [0.5, 0.6) is 0 Å². The van der Waals surface area contributed by atoms with Crippen molar-refractivity contribution in [2.75, 3.05) is 11.5 Å². The minimum atomic E-state index is -0.284. The van der Waals surface area contributed by atoms with E-state index in [0.29, 0.717) is 6.04 Å². The summed E-state index contributed by atoms with van der Waals surface area (Å²) in [7, 11) is 0. The van der Waals surface area contributed by atoms with Crippen LogP contribution in [-0.2, 0) is 4.79 Å². The van der Waals surface area contributed by atoms with Gasteiger partial charge in [-0.05, 0) is 36.6 Å². The Bertz CT molecular complexity index is 241. The maximum absolute atomic E-state index is 10.3. The van der Waals surface area contributed by atoms with Gasteiger partial charge in [0.05, 0.1) is 6.04 Å². The van der Waals surface area contributed by atoms with Gasteiger partial charge in [-0.3, -0.25) is 0 Å². The van der Waals surface area contributed by atoms with Crippen molar-refractivity contribution in [3.05, 3.63) is 24.4 Å². The van der Waals surface area contributed by atoms with Crippen molar-refractivity contribution in [1.82, 2.24) is 5.32 Å². The van der Waals surface area contributed by atoms with E-state index in [1.54, 1.807) is 0 Å². The first-order valence-corrected chi connectivity index (χ1v) is 6.36. The van der Waals surface area contributed by atoms with Gasteiger partial charge in [-0.2, -0.15) is 11.8 Å². The number of allylic oxidation sites excluding steroid dienone is 2. The van der Waals surface area contributed by atoms with E-state index in [1.807, 2.05) is 24.0 Å². The van der Waals surface area contributed by atoms with E-state index in [-0.39, 0.29) is 6.04 Å². The summed E-state index contributed by atoms with van der Waals surface area (Å²) in [6, 6.07) is 0.176.